The normalized spacial score (nSPS) is 13.3. The highest BCUT2D eigenvalue weighted by Gasteiger charge is 2.05. The molecular formula is C34H70O2. The van der Waals surface area contributed by atoms with Crippen molar-refractivity contribution in [2.24, 2.45) is 0 Å². The van der Waals surface area contributed by atoms with E-state index >= 15 is 0 Å². The third kappa shape index (κ3) is 30.1. The summed E-state index contributed by atoms with van der Waals surface area (Å²) >= 11 is 0. The molecule has 2 nitrogen and oxygen atoms in total. The minimum absolute atomic E-state index is 0.0692. The second kappa shape index (κ2) is 31.1. The summed E-state index contributed by atoms with van der Waals surface area (Å²) in [6, 6.07) is 0. The van der Waals surface area contributed by atoms with Gasteiger partial charge in [-0.2, -0.15) is 0 Å². The lowest BCUT2D eigenvalue weighted by molar-refractivity contribution is 0.145. The highest BCUT2D eigenvalue weighted by atomic mass is 16.3. The first-order chi connectivity index (χ1) is 17.7. The van der Waals surface area contributed by atoms with Gasteiger partial charge in [0.1, 0.15) is 0 Å². The third-order valence-electron chi connectivity index (χ3n) is 8.11. The van der Waals surface area contributed by atoms with Crippen molar-refractivity contribution in [2.45, 2.75) is 219 Å². The standard InChI is InChI=1S/C34H70O2/c1-3-5-7-9-11-13-14-16-18-22-26-30-34(36)32-28-24-20-19-23-27-31-33(35)29-25-21-17-15-12-10-8-6-4-2/h33-36H,3-32H2,1-2H3. The van der Waals surface area contributed by atoms with E-state index < -0.39 is 0 Å². The molecule has 0 saturated heterocycles. The average molecular weight is 511 g/mol. The molecular weight excluding hydrogens is 440 g/mol. The lowest BCUT2D eigenvalue weighted by Crippen LogP contribution is -2.06. The molecule has 0 spiro atoms. The van der Waals surface area contributed by atoms with Gasteiger partial charge in [-0.05, 0) is 25.7 Å². The van der Waals surface area contributed by atoms with Crippen LogP contribution in [-0.2, 0) is 0 Å². The summed E-state index contributed by atoms with van der Waals surface area (Å²) in [7, 11) is 0. The largest absolute Gasteiger partial charge is 0.393 e. The van der Waals surface area contributed by atoms with E-state index in [1.165, 1.54) is 167 Å². The quantitative estimate of drug-likeness (QED) is 0.0910. The van der Waals surface area contributed by atoms with E-state index in [1.54, 1.807) is 0 Å². The van der Waals surface area contributed by atoms with Gasteiger partial charge in [-0.1, -0.05) is 181 Å². The fourth-order valence-electron chi connectivity index (χ4n) is 5.49. The number of aliphatic hydroxyl groups is 2. The van der Waals surface area contributed by atoms with Crippen LogP contribution < -0.4 is 0 Å². The van der Waals surface area contributed by atoms with Gasteiger partial charge in [0.05, 0.1) is 12.2 Å². The molecule has 2 N–H and O–H groups in total. The molecule has 2 atom stereocenters. The zero-order chi connectivity index (χ0) is 26.4. The lowest BCUT2D eigenvalue weighted by atomic mass is 10.0. The van der Waals surface area contributed by atoms with Crippen LogP contribution in [0.25, 0.3) is 0 Å². The first-order valence-corrected chi connectivity index (χ1v) is 17.1. The van der Waals surface area contributed by atoms with E-state index in [9.17, 15) is 10.2 Å². The van der Waals surface area contributed by atoms with Gasteiger partial charge in [0.2, 0.25) is 0 Å². The number of unbranched alkanes of at least 4 members (excludes halogenated alkanes) is 23. The van der Waals surface area contributed by atoms with Crippen molar-refractivity contribution >= 4 is 0 Å². The fraction of sp³-hybridized carbons (Fsp3) is 1.00. The Morgan fingerprint density at radius 1 is 0.278 bits per heavy atom. The highest BCUT2D eigenvalue weighted by molar-refractivity contribution is 4.60. The summed E-state index contributed by atoms with van der Waals surface area (Å²) < 4.78 is 0. The van der Waals surface area contributed by atoms with E-state index in [4.69, 9.17) is 0 Å². The van der Waals surface area contributed by atoms with Gasteiger partial charge in [-0.25, -0.2) is 0 Å². The summed E-state index contributed by atoms with van der Waals surface area (Å²) in [5.74, 6) is 0. The molecule has 0 rings (SSSR count). The second-order valence-corrected chi connectivity index (χ2v) is 11.9. The highest BCUT2D eigenvalue weighted by Crippen LogP contribution is 2.17. The molecule has 0 aliphatic carbocycles. The van der Waals surface area contributed by atoms with Crippen LogP contribution in [0.5, 0.6) is 0 Å². The van der Waals surface area contributed by atoms with Gasteiger partial charge in [-0.15, -0.1) is 0 Å². The Labute approximate surface area is 228 Å². The van der Waals surface area contributed by atoms with Gasteiger partial charge < -0.3 is 10.2 Å². The van der Waals surface area contributed by atoms with Crippen LogP contribution in [0.3, 0.4) is 0 Å². The molecule has 0 bridgehead atoms. The van der Waals surface area contributed by atoms with Crippen LogP contribution in [0.15, 0.2) is 0 Å². The Kier molecular flexibility index (Phi) is 31.1. The smallest absolute Gasteiger partial charge is 0.0540 e. The van der Waals surface area contributed by atoms with Crippen LogP contribution >= 0.6 is 0 Å². The Morgan fingerprint density at radius 2 is 0.444 bits per heavy atom. The monoisotopic (exact) mass is 511 g/mol. The number of aliphatic hydroxyl groups excluding tert-OH is 2. The van der Waals surface area contributed by atoms with E-state index in [1.807, 2.05) is 0 Å². The topological polar surface area (TPSA) is 40.5 Å². The molecule has 0 heterocycles. The zero-order valence-corrected chi connectivity index (χ0v) is 25.3. The molecule has 0 aromatic heterocycles. The average Bonchev–Trinajstić information content (AvgIpc) is 2.87. The molecule has 2 unspecified atom stereocenters. The molecule has 0 amide bonds. The van der Waals surface area contributed by atoms with Gasteiger partial charge in [0.25, 0.3) is 0 Å². The first-order valence-electron chi connectivity index (χ1n) is 17.1. The summed E-state index contributed by atoms with van der Waals surface area (Å²) in [6.07, 6.45) is 38.7. The van der Waals surface area contributed by atoms with Crippen molar-refractivity contribution in [2.75, 3.05) is 0 Å². The number of rotatable bonds is 31. The fourth-order valence-corrected chi connectivity index (χ4v) is 5.49. The third-order valence-corrected chi connectivity index (χ3v) is 8.11. The zero-order valence-electron chi connectivity index (χ0n) is 25.3. The Hall–Kier alpha value is -0.0800. The number of hydrogen-bond donors (Lipinski definition) is 2. The van der Waals surface area contributed by atoms with Crippen molar-refractivity contribution in [3.63, 3.8) is 0 Å². The Morgan fingerprint density at radius 3 is 0.639 bits per heavy atom. The Bertz CT molecular complexity index is 383. The molecule has 0 aliphatic rings. The maximum absolute atomic E-state index is 10.2. The maximum Gasteiger partial charge on any atom is 0.0540 e. The first kappa shape index (κ1) is 35.9. The van der Waals surface area contributed by atoms with Gasteiger partial charge in [0.15, 0.2) is 0 Å². The SMILES string of the molecule is CCCCCCCCCCCCCC(O)CCCCCCCCC(O)CCCCCCCCCCC. The Balaban J connectivity index is 3.24. The van der Waals surface area contributed by atoms with Crippen molar-refractivity contribution in [1.29, 1.82) is 0 Å². The van der Waals surface area contributed by atoms with E-state index in [0.29, 0.717) is 0 Å². The predicted octanol–water partition coefficient (Wildman–Crippen LogP) is 11.5. The van der Waals surface area contributed by atoms with Crippen molar-refractivity contribution in [3.05, 3.63) is 0 Å². The second-order valence-electron chi connectivity index (χ2n) is 11.9. The summed E-state index contributed by atoms with van der Waals surface area (Å²) in [6.45, 7) is 4.56. The minimum atomic E-state index is -0.0697. The van der Waals surface area contributed by atoms with Gasteiger partial charge >= 0.3 is 0 Å². The van der Waals surface area contributed by atoms with Crippen molar-refractivity contribution in [3.8, 4) is 0 Å². The molecule has 2 heteroatoms. The molecule has 0 fully saturated rings. The summed E-state index contributed by atoms with van der Waals surface area (Å²) in [5.41, 5.74) is 0. The van der Waals surface area contributed by atoms with E-state index in [-0.39, 0.29) is 12.2 Å². The van der Waals surface area contributed by atoms with Gasteiger partial charge in [0, 0.05) is 0 Å². The van der Waals surface area contributed by atoms with Crippen LogP contribution in [0.4, 0.5) is 0 Å². The minimum Gasteiger partial charge on any atom is -0.393 e. The summed E-state index contributed by atoms with van der Waals surface area (Å²) in [5, 5.41) is 20.4. The van der Waals surface area contributed by atoms with Crippen LogP contribution in [-0.4, -0.2) is 22.4 Å². The van der Waals surface area contributed by atoms with E-state index in [0.717, 1.165) is 25.7 Å². The molecule has 0 radical (unpaired) electrons. The molecule has 218 valence electrons. The lowest BCUT2D eigenvalue weighted by Gasteiger charge is -2.11. The van der Waals surface area contributed by atoms with Crippen molar-refractivity contribution in [1.82, 2.24) is 0 Å². The molecule has 0 aromatic rings. The predicted molar refractivity (Wildman–Crippen MR) is 162 cm³/mol. The summed E-state index contributed by atoms with van der Waals surface area (Å²) in [4.78, 5) is 0. The van der Waals surface area contributed by atoms with Crippen LogP contribution in [0.1, 0.15) is 206 Å². The van der Waals surface area contributed by atoms with E-state index in [2.05, 4.69) is 13.8 Å². The van der Waals surface area contributed by atoms with Gasteiger partial charge in [-0.3, -0.25) is 0 Å². The molecule has 0 aromatic carbocycles. The molecule has 0 aliphatic heterocycles. The molecule has 0 saturated carbocycles. The number of hydrogen-bond acceptors (Lipinski definition) is 2. The molecule has 36 heavy (non-hydrogen) atoms. The van der Waals surface area contributed by atoms with Crippen LogP contribution in [0, 0.1) is 0 Å². The maximum atomic E-state index is 10.2. The van der Waals surface area contributed by atoms with Crippen molar-refractivity contribution < 1.29 is 10.2 Å². The van der Waals surface area contributed by atoms with Crippen LogP contribution in [0.2, 0.25) is 0 Å².